The Morgan fingerprint density at radius 3 is 2.61 bits per heavy atom. The quantitative estimate of drug-likeness (QED) is 0.624. The molecule has 3 aromatic rings. The lowest BCUT2D eigenvalue weighted by molar-refractivity contribution is -0.137. The highest BCUT2D eigenvalue weighted by Gasteiger charge is 2.33. The Kier molecular flexibility index (Phi) is 5.82. The Bertz CT molecular complexity index is 1150. The van der Waals surface area contributed by atoms with Crippen LogP contribution in [-0.2, 0) is 22.7 Å². The molecule has 1 aliphatic heterocycles. The maximum Gasteiger partial charge on any atom is 0.416 e. The van der Waals surface area contributed by atoms with Gasteiger partial charge in [0.15, 0.2) is 0 Å². The van der Waals surface area contributed by atoms with E-state index in [1.807, 2.05) is 41.4 Å². The minimum absolute atomic E-state index is 0.397. The van der Waals surface area contributed by atoms with Gasteiger partial charge in [-0.2, -0.15) is 13.2 Å². The molecule has 164 valence electrons. The second-order valence-electron chi connectivity index (χ2n) is 7.36. The van der Waals surface area contributed by atoms with Crippen LogP contribution in [0.2, 0.25) is 0 Å². The number of sulfonamides is 1. The zero-order valence-corrected chi connectivity index (χ0v) is 17.1. The second kappa shape index (κ2) is 8.40. The molecule has 0 amide bonds. The Morgan fingerprint density at radius 2 is 1.87 bits per heavy atom. The number of para-hydroxylation sites is 1. The van der Waals surface area contributed by atoms with Gasteiger partial charge in [0.1, 0.15) is 0 Å². The van der Waals surface area contributed by atoms with Gasteiger partial charge in [-0.05, 0) is 36.8 Å². The fourth-order valence-corrected chi connectivity index (χ4v) is 4.81. The van der Waals surface area contributed by atoms with E-state index in [2.05, 4.69) is 15.0 Å². The Hall–Kier alpha value is -2.76. The molecule has 1 aromatic heterocycles. The Morgan fingerprint density at radius 1 is 1.10 bits per heavy atom. The number of alkyl halides is 3. The number of hydrogen-bond acceptors (Lipinski definition) is 5. The summed E-state index contributed by atoms with van der Waals surface area (Å²) in [5.41, 5.74) is 0.629. The van der Waals surface area contributed by atoms with Crippen LogP contribution < -0.4 is 4.72 Å². The van der Waals surface area contributed by atoms with Crippen molar-refractivity contribution in [1.29, 1.82) is 0 Å². The van der Waals surface area contributed by atoms with Crippen molar-refractivity contribution in [3.63, 3.8) is 0 Å². The Labute approximate surface area is 177 Å². The summed E-state index contributed by atoms with van der Waals surface area (Å²) in [4.78, 5) is 1.63. The fraction of sp³-hybridized carbons (Fsp3) is 0.300. The van der Waals surface area contributed by atoms with Crippen LogP contribution in [0, 0.1) is 0 Å². The predicted octanol–water partition coefficient (Wildman–Crippen LogP) is 2.84. The smallest absolute Gasteiger partial charge is 0.296 e. The van der Waals surface area contributed by atoms with Crippen molar-refractivity contribution in [2.45, 2.75) is 30.1 Å². The van der Waals surface area contributed by atoms with Crippen molar-refractivity contribution in [2.24, 2.45) is 0 Å². The largest absolute Gasteiger partial charge is 0.416 e. The molecule has 0 spiro atoms. The van der Waals surface area contributed by atoms with E-state index in [1.54, 1.807) is 4.68 Å². The molecular weight excluding hydrogens is 431 g/mol. The topological polar surface area (TPSA) is 80.1 Å². The number of hydrogen-bond donors (Lipinski definition) is 1. The molecule has 0 aliphatic carbocycles. The van der Waals surface area contributed by atoms with Gasteiger partial charge in [-0.1, -0.05) is 29.5 Å². The van der Waals surface area contributed by atoms with Crippen molar-refractivity contribution in [1.82, 2.24) is 24.6 Å². The SMILES string of the molecule is O=S(=O)(N[C@@H]1CCN(Cc2cn(-c3ccccc3)nn2)C1)c1cccc(C(F)(F)F)c1. The lowest BCUT2D eigenvalue weighted by Gasteiger charge is -2.16. The Balaban J connectivity index is 1.38. The van der Waals surface area contributed by atoms with Gasteiger partial charge in [-0.25, -0.2) is 17.8 Å². The van der Waals surface area contributed by atoms with Crippen LogP contribution >= 0.6 is 0 Å². The second-order valence-corrected chi connectivity index (χ2v) is 9.07. The lowest BCUT2D eigenvalue weighted by Crippen LogP contribution is -2.37. The van der Waals surface area contributed by atoms with Gasteiger partial charge in [-0.15, -0.1) is 5.10 Å². The van der Waals surface area contributed by atoms with Gasteiger partial charge in [0.25, 0.3) is 0 Å². The average molecular weight is 451 g/mol. The molecule has 1 fully saturated rings. The monoisotopic (exact) mass is 451 g/mol. The zero-order valence-electron chi connectivity index (χ0n) is 16.3. The van der Waals surface area contributed by atoms with Gasteiger partial charge >= 0.3 is 6.18 Å². The summed E-state index contributed by atoms with van der Waals surface area (Å²) in [7, 11) is -4.06. The number of nitrogens with one attached hydrogen (secondary N) is 1. The van der Waals surface area contributed by atoms with Gasteiger partial charge in [-0.3, -0.25) is 4.90 Å². The van der Waals surface area contributed by atoms with E-state index >= 15 is 0 Å². The minimum atomic E-state index is -4.60. The molecule has 0 bridgehead atoms. The van der Waals surface area contributed by atoms with Crippen molar-refractivity contribution < 1.29 is 21.6 Å². The van der Waals surface area contributed by atoms with E-state index < -0.39 is 32.7 Å². The molecule has 0 radical (unpaired) electrons. The molecule has 1 N–H and O–H groups in total. The number of likely N-dealkylation sites (tertiary alicyclic amines) is 1. The number of benzene rings is 2. The molecule has 0 saturated carbocycles. The third-order valence-corrected chi connectivity index (χ3v) is 6.53. The summed E-state index contributed by atoms with van der Waals surface area (Å²) in [5.74, 6) is 0. The molecule has 11 heteroatoms. The van der Waals surface area contributed by atoms with Crippen LogP contribution in [0.15, 0.2) is 65.7 Å². The summed E-state index contributed by atoms with van der Waals surface area (Å²) in [6.07, 6.45) is -2.24. The summed E-state index contributed by atoms with van der Waals surface area (Å²) in [5, 5.41) is 8.27. The van der Waals surface area contributed by atoms with E-state index in [4.69, 9.17) is 0 Å². The lowest BCUT2D eigenvalue weighted by atomic mass is 10.2. The van der Waals surface area contributed by atoms with Crippen LogP contribution in [0.5, 0.6) is 0 Å². The highest BCUT2D eigenvalue weighted by atomic mass is 32.2. The first-order valence-corrected chi connectivity index (χ1v) is 11.1. The highest BCUT2D eigenvalue weighted by molar-refractivity contribution is 7.89. The highest BCUT2D eigenvalue weighted by Crippen LogP contribution is 2.30. The minimum Gasteiger partial charge on any atom is -0.296 e. The van der Waals surface area contributed by atoms with E-state index in [9.17, 15) is 21.6 Å². The van der Waals surface area contributed by atoms with Gasteiger partial charge in [0, 0.05) is 25.7 Å². The van der Waals surface area contributed by atoms with E-state index in [0.29, 0.717) is 32.1 Å². The van der Waals surface area contributed by atoms with Crippen LogP contribution in [0.1, 0.15) is 17.7 Å². The van der Waals surface area contributed by atoms with Crippen LogP contribution in [-0.4, -0.2) is 47.4 Å². The summed E-state index contributed by atoms with van der Waals surface area (Å²) in [6, 6.07) is 12.9. The van der Waals surface area contributed by atoms with Crippen molar-refractivity contribution in [3.05, 3.63) is 72.1 Å². The van der Waals surface area contributed by atoms with Crippen molar-refractivity contribution in [3.8, 4) is 5.69 Å². The maximum atomic E-state index is 12.9. The standard InChI is InChI=1S/C20H20F3N5O2S/c21-20(22,23)15-5-4-8-19(11-15)31(29,30)25-16-9-10-27(12-16)13-17-14-28(26-24-17)18-6-2-1-3-7-18/h1-8,11,14,16,25H,9-10,12-13H2/t16-/m1/s1. The maximum absolute atomic E-state index is 12.9. The average Bonchev–Trinajstić information content (AvgIpc) is 3.38. The molecule has 7 nitrogen and oxygen atoms in total. The van der Waals surface area contributed by atoms with Gasteiger partial charge in [0.05, 0.1) is 28.0 Å². The summed E-state index contributed by atoms with van der Waals surface area (Å²) < 4.78 is 68.0. The summed E-state index contributed by atoms with van der Waals surface area (Å²) >= 11 is 0. The fourth-order valence-electron chi connectivity index (χ4n) is 3.51. The first-order valence-electron chi connectivity index (χ1n) is 9.59. The van der Waals surface area contributed by atoms with E-state index in [1.165, 1.54) is 0 Å². The molecule has 31 heavy (non-hydrogen) atoms. The molecule has 1 atom stereocenters. The molecule has 2 heterocycles. The first-order chi connectivity index (χ1) is 14.7. The van der Waals surface area contributed by atoms with Crippen molar-refractivity contribution in [2.75, 3.05) is 13.1 Å². The molecule has 0 unspecified atom stereocenters. The number of aromatic nitrogens is 3. The van der Waals surface area contributed by atoms with Crippen LogP contribution in [0.25, 0.3) is 5.69 Å². The van der Waals surface area contributed by atoms with Crippen LogP contribution in [0.4, 0.5) is 13.2 Å². The zero-order chi connectivity index (χ0) is 22.1. The first kappa shape index (κ1) is 21.5. The third-order valence-electron chi connectivity index (χ3n) is 5.01. The molecule has 4 rings (SSSR count). The normalized spacial score (nSPS) is 17.8. The van der Waals surface area contributed by atoms with E-state index in [0.717, 1.165) is 29.6 Å². The van der Waals surface area contributed by atoms with E-state index in [-0.39, 0.29) is 0 Å². The number of rotatable bonds is 6. The molecule has 1 aliphatic rings. The van der Waals surface area contributed by atoms with Crippen LogP contribution in [0.3, 0.4) is 0 Å². The van der Waals surface area contributed by atoms with Gasteiger partial charge < -0.3 is 0 Å². The summed E-state index contributed by atoms with van der Waals surface area (Å²) in [6.45, 7) is 1.55. The number of halogens is 3. The number of nitrogens with zero attached hydrogens (tertiary/aromatic N) is 4. The molecule has 1 saturated heterocycles. The molecule has 2 aromatic carbocycles. The predicted molar refractivity (Wildman–Crippen MR) is 107 cm³/mol. The van der Waals surface area contributed by atoms with Crippen molar-refractivity contribution >= 4 is 10.0 Å². The van der Waals surface area contributed by atoms with Gasteiger partial charge in [0.2, 0.25) is 10.0 Å². The third kappa shape index (κ3) is 5.12. The molecular formula is C20H20F3N5O2S.